The Labute approximate surface area is 232 Å². The zero-order chi connectivity index (χ0) is 29.0. The van der Waals surface area contributed by atoms with Crippen molar-refractivity contribution < 1.29 is 18.9 Å². The van der Waals surface area contributed by atoms with E-state index in [1.54, 1.807) is 24.3 Å². The van der Waals surface area contributed by atoms with Gasteiger partial charge in [0.1, 0.15) is 23.1 Å². The van der Waals surface area contributed by atoms with Crippen molar-refractivity contribution in [3.05, 3.63) is 68.4 Å². The second-order valence-corrected chi connectivity index (χ2v) is 11.1. The highest BCUT2D eigenvalue weighted by Crippen LogP contribution is 2.34. The summed E-state index contributed by atoms with van der Waals surface area (Å²) in [7, 11) is 0. The van der Waals surface area contributed by atoms with Gasteiger partial charge in [-0.1, -0.05) is 45.2 Å². The summed E-state index contributed by atoms with van der Waals surface area (Å²) in [6.45, 7) is 5.90. The first-order chi connectivity index (χ1) is 19.0. The van der Waals surface area contributed by atoms with Gasteiger partial charge >= 0.3 is 0 Å². The Kier molecular flexibility index (Phi) is 8.86. The molecular formula is C30H36N4O6. The fourth-order valence-corrected chi connectivity index (χ4v) is 5.34. The minimum absolute atomic E-state index is 0.0275. The lowest BCUT2D eigenvalue weighted by Gasteiger charge is -2.28. The Morgan fingerprint density at radius 1 is 1.07 bits per heavy atom. The van der Waals surface area contributed by atoms with E-state index in [0.29, 0.717) is 29.2 Å². The molecule has 1 fully saturated rings. The molecule has 4 rings (SSSR count). The molecule has 3 aromatic rings. The van der Waals surface area contributed by atoms with Gasteiger partial charge in [-0.25, -0.2) is 0 Å². The number of primary amides is 1. The highest BCUT2D eigenvalue weighted by Gasteiger charge is 2.25. The predicted molar refractivity (Wildman–Crippen MR) is 154 cm³/mol. The third-order valence-electron chi connectivity index (χ3n) is 7.57. The Balaban J connectivity index is 1.61. The van der Waals surface area contributed by atoms with Gasteiger partial charge in [-0.15, -0.1) is 0 Å². The number of carbonyl (C=O) groups excluding carboxylic acids is 2. The maximum Gasteiger partial charge on any atom is 0.293 e. The molecule has 10 heteroatoms. The highest BCUT2D eigenvalue weighted by atomic mass is 16.6. The van der Waals surface area contributed by atoms with E-state index in [1.165, 1.54) is 24.6 Å². The summed E-state index contributed by atoms with van der Waals surface area (Å²) in [4.78, 5) is 48.7. The minimum atomic E-state index is -0.779. The lowest BCUT2D eigenvalue weighted by molar-refractivity contribution is -0.383. The number of nitro benzene ring substituents is 1. The number of hydrogen-bond donors (Lipinski definition) is 3. The van der Waals surface area contributed by atoms with Crippen LogP contribution in [0, 0.1) is 22.0 Å². The number of nitrogens with one attached hydrogen (secondary N) is 2. The Morgan fingerprint density at radius 2 is 1.75 bits per heavy atom. The molecule has 40 heavy (non-hydrogen) atoms. The van der Waals surface area contributed by atoms with Gasteiger partial charge in [0.05, 0.1) is 10.3 Å². The molecule has 10 nitrogen and oxygen atoms in total. The van der Waals surface area contributed by atoms with Crippen molar-refractivity contribution in [2.24, 2.45) is 17.6 Å². The van der Waals surface area contributed by atoms with E-state index < -0.39 is 28.2 Å². The van der Waals surface area contributed by atoms with Crippen molar-refractivity contribution in [2.45, 2.75) is 71.4 Å². The van der Waals surface area contributed by atoms with E-state index in [0.717, 1.165) is 25.7 Å². The van der Waals surface area contributed by atoms with Crippen LogP contribution in [0.2, 0.25) is 0 Å². The highest BCUT2D eigenvalue weighted by molar-refractivity contribution is 5.97. The summed E-state index contributed by atoms with van der Waals surface area (Å²) in [5.74, 6) is -0.186. The van der Waals surface area contributed by atoms with Crippen molar-refractivity contribution in [1.29, 1.82) is 0 Å². The van der Waals surface area contributed by atoms with Crippen LogP contribution < -0.4 is 21.8 Å². The first-order valence-corrected chi connectivity index (χ1v) is 13.8. The zero-order valence-corrected chi connectivity index (χ0v) is 23.1. The number of rotatable bonds is 10. The summed E-state index contributed by atoms with van der Waals surface area (Å²) in [6, 6.07) is 9.72. The molecule has 0 bridgehead atoms. The Morgan fingerprint density at radius 3 is 2.35 bits per heavy atom. The maximum atomic E-state index is 13.0. The van der Waals surface area contributed by atoms with E-state index in [4.69, 9.17) is 10.2 Å². The first-order valence-electron chi connectivity index (χ1n) is 13.8. The smallest absolute Gasteiger partial charge is 0.293 e. The second-order valence-electron chi connectivity index (χ2n) is 11.1. The van der Waals surface area contributed by atoms with Crippen molar-refractivity contribution in [3.8, 4) is 11.3 Å². The monoisotopic (exact) mass is 548 g/mol. The van der Waals surface area contributed by atoms with Gasteiger partial charge in [0.25, 0.3) is 11.6 Å². The van der Waals surface area contributed by atoms with Crippen LogP contribution in [-0.2, 0) is 4.79 Å². The molecule has 4 N–H and O–H groups in total. The predicted octanol–water partition coefficient (Wildman–Crippen LogP) is 5.38. The summed E-state index contributed by atoms with van der Waals surface area (Å²) in [5, 5.41) is 17.9. The largest absolute Gasteiger partial charge is 0.456 e. The molecule has 0 unspecified atom stereocenters. The van der Waals surface area contributed by atoms with Crippen LogP contribution in [0.3, 0.4) is 0 Å². The van der Waals surface area contributed by atoms with Crippen LogP contribution in [0.5, 0.6) is 0 Å². The molecular weight excluding hydrogens is 512 g/mol. The molecule has 1 aliphatic rings. The van der Waals surface area contributed by atoms with Crippen LogP contribution in [0.4, 0.5) is 11.4 Å². The molecule has 2 atom stereocenters. The van der Waals surface area contributed by atoms with E-state index in [-0.39, 0.29) is 34.4 Å². The van der Waals surface area contributed by atoms with Gasteiger partial charge in [0.15, 0.2) is 5.43 Å². The maximum absolute atomic E-state index is 13.0. The van der Waals surface area contributed by atoms with Gasteiger partial charge in [0, 0.05) is 35.4 Å². The summed E-state index contributed by atoms with van der Waals surface area (Å²) < 4.78 is 6.05. The third-order valence-corrected chi connectivity index (χ3v) is 7.57. The van der Waals surface area contributed by atoms with E-state index in [9.17, 15) is 24.5 Å². The second kappa shape index (κ2) is 12.3. The normalized spacial score (nSPS) is 15.5. The SMILES string of the molecule is CC(C)C[C@H](NC(=O)c1ccc(-c2cc(=O)c3cc([N+](=O)[O-])c(N[C@H](C)C4CCCCC4)cc3o2)cc1)C(N)=O. The topological polar surface area (TPSA) is 158 Å². The lowest BCUT2D eigenvalue weighted by Crippen LogP contribution is -2.45. The molecule has 1 saturated carbocycles. The van der Waals surface area contributed by atoms with Crippen molar-refractivity contribution in [2.75, 3.05) is 5.32 Å². The van der Waals surface area contributed by atoms with Crippen LogP contribution in [0.1, 0.15) is 69.7 Å². The fourth-order valence-electron chi connectivity index (χ4n) is 5.34. The summed E-state index contributed by atoms with van der Waals surface area (Å²) in [6.07, 6.45) is 6.09. The number of amides is 2. The quantitative estimate of drug-likeness (QED) is 0.227. The average molecular weight is 549 g/mol. The molecule has 0 radical (unpaired) electrons. The number of nitro groups is 1. The van der Waals surface area contributed by atoms with Crippen molar-refractivity contribution >= 4 is 34.2 Å². The number of nitrogens with two attached hydrogens (primary N) is 1. The summed E-state index contributed by atoms with van der Waals surface area (Å²) in [5.41, 5.74) is 6.26. The lowest BCUT2D eigenvalue weighted by atomic mass is 9.84. The number of hydrogen-bond acceptors (Lipinski definition) is 7. The molecule has 1 aromatic heterocycles. The van der Waals surface area contributed by atoms with Crippen LogP contribution in [0.15, 0.2) is 51.7 Å². The van der Waals surface area contributed by atoms with Crippen LogP contribution >= 0.6 is 0 Å². The van der Waals surface area contributed by atoms with E-state index in [1.807, 2.05) is 20.8 Å². The number of nitrogens with zero attached hydrogens (tertiary/aromatic N) is 1. The van der Waals surface area contributed by atoms with E-state index in [2.05, 4.69) is 10.6 Å². The number of fused-ring (bicyclic) bond motifs is 1. The van der Waals surface area contributed by atoms with Gasteiger partial charge in [-0.05, 0) is 50.2 Å². The molecule has 0 spiro atoms. The van der Waals surface area contributed by atoms with Crippen LogP contribution in [-0.4, -0.2) is 28.8 Å². The van der Waals surface area contributed by atoms with Crippen molar-refractivity contribution in [3.63, 3.8) is 0 Å². The molecule has 2 amide bonds. The number of anilines is 1. The number of carbonyl (C=O) groups is 2. The average Bonchev–Trinajstić information content (AvgIpc) is 2.92. The standard InChI is InChI=1S/C30H36N4O6/c1-17(2)13-24(29(31)36)33-30(37)21-11-9-20(10-12-21)27-16-26(35)22-14-25(34(38)39)23(15-28(22)40-27)32-18(3)19-7-5-4-6-8-19/h9-12,14-19,24,32H,4-8,13H2,1-3H3,(H2,31,36)(H,33,37)/t18-,24+/m1/s1. The fraction of sp³-hybridized carbons (Fsp3) is 0.433. The van der Waals surface area contributed by atoms with Gasteiger partial charge in [0.2, 0.25) is 5.91 Å². The molecule has 0 aliphatic heterocycles. The summed E-state index contributed by atoms with van der Waals surface area (Å²) >= 11 is 0. The molecule has 2 aromatic carbocycles. The van der Waals surface area contributed by atoms with Crippen LogP contribution in [0.25, 0.3) is 22.3 Å². The first kappa shape index (κ1) is 28.8. The van der Waals surface area contributed by atoms with Gasteiger partial charge in [-0.2, -0.15) is 0 Å². The Hall–Kier alpha value is -4.21. The molecule has 212 valence electrons. The zero-order valence-electron chi connectivity index (χ0n) is 23.1. The molecule has 1 aliphatic carbocycles. The van der Waals surface area contributed by atoms with Crippen molar-refractivity contribution in [1.82, 2.24) is 5.32 Å². The van der Waals surface area contributed by atoms with Gasteiger partial charge < -0.3 is 20.8 Å². The molecule has 0 saturated heterocycles. The van der Waals surface area contributed by atoms with E-state index >= 15 is 0 Å². The Bertz CT molecular complexity index is 1460. The minimum Gasteiger partial charge on any atom is -0.456 e. The van der Waals surface area contributed by atoms with Gasteiger partial charge in [-0.3, -0.25) is 24.5 Å². The third kappa shape index (κ3) is 6.67. The molecule has 1 heterocycles. The number of benzene rings is 2.